The molecule has 1 aliphatic carbocycles. The lowest BCUT2D eigenvalue weighted by atomic mass is 9.88. The Kier molecular flexibility index (Phi) is 4.49. The number of fused-ring (bicyclic) bond motifs is 2. The third kappa shape index (κ3) is 3.54. The average molecular weight is 427 g/mol. The average Bonchev–Trinajstić information content (AvgIpc) is 3.42. The van der Waals surface area contributed by atoms with Crippen LogP contribution in [0.1, 0.15) is 46.3 Å². The van der Waals surface area contributed by atoms with Crippen LogP contribution in [0.3, 0.4) is 0 Å². The number of alkyl halides is 3. The van der Waals surface area contributed by atoms with Crippen LogP contribution >= 0.6 is 0 Å². The van der Waals surface area contributed by atoms with Gasteiger partial charge in [-0.3, -0.25) is 4.79 Å². The van der Waals surface area contributed by atoms with Gasteiger partial charge in [0.15, 0.2) is 11.5 Å². The van der Waals surface area contributed by atoms with Crippen LogP contribution in [0.15, 0.2) is 53.1 Å². The number of halogens is 3. The van der Waals surface area contributed by atoms with Gasteiger partial charge < -0.3 is 9.73 Å². The SMILES string of the molecule is O=C(N[C@@H]1CCCc2ccccc21)c1nc2nc(-c3ccco3)cc(C(F)(F)F)n2n1. The Hall–Kier alpha value is -3.69. The van der Waals surface area contributed by atoms with Crippen LogP contribution in [-0.4, -0.2) is 25.5 Å². The molecule has 1 amide bonds. The number of carbonyl (C=O) groups is 1. The van der Waals surface area contributed by atoms with E-state index in [1.165, 1.54) is 12.3 Å². The standard InChI is InChI=1S/C21H16F3N5O2/c22-21(23,24)17-11-15(16-9-4-10-31-16)26-20-27-18(28-29(17)20)19(30)25-14-8-3-6-12-5-1-2-7-13(12)14/h1-2,4-5,7,9-11,14H,3,6,8H2,(H,25,30)/t14-/m1/s1. The van der Waals surface area contributed by atoms with Crippen LogP contribution in [0.4, 0.5) is 13.2 Å². The van der Waals surface area contributed by atoms with E-state index in [4.69, 9.17) is 4.42 Å². The Labute approximate surface area is 173 Å². The van der Waals surface area contributed by atoms with Gasteiger partial charge in [0.1, 0.15) is 5.69 Å². The third-order valence-corrected chi connectivity index (χ3v) is 5.25. The molecule has 0 bridgehead atoms. The number of amides is 1. The van der Waals surface area contributed by atoms with E-state index < -0.39 is 17.8 Å². The summed E-state index contributed by atoms with van der Waals surface area (Å²) in [5, 5.41) is 6.65. The first-order chi connectivity index (χ1) is 14.9. The molecule has 0 saturated heterocycles. The molecule has 0 saturated carbocycles. The van der Waals surface area contributed by atoms with E-state index in [9.17, 15) is 18.0 Å². The van der Waals surface area contributed by atoms with E-state index in [0.29, 0.717) is 4.52 Å². The van der Waals surface area contributed by atoms with Gasteiger partial charge in [0.25, 0.3) is 11.7 Å². The molecule has 3 aromatic heterocycles. The maximum absolute atomic E-state index is 13.6. The van der Waals surface area contributed by atoms with Gasteiger partial charge in [-0.25, -0.2) is 4.98 Å². The van der Waals surface area contributed by atoms with Crippen molar-refractivity contribution in [3.63, 3.8) is 0 Å². The van der Waals surface area contributed by atoms with Gasteiger partial charge in [0.05, 0.1) is 12.3 Å². The van der Waals surface area contributed by atoms with E-state index in [1.54, 1.807) is 6.07 Å². The lowest BCUT2D eigenvalue weighted by Crippen LogP contribution is -2.31. The highest BCUT2D eigenvalue weighted by Gasteiger charge is 2.36. The molecule has 3 heterocycles. The summed E-state index contributed by atoms with van der Waals surface area (Å²) in [6, 6.07) is 11.4. The topological polar surface area (TPSA) is 85.3 Å². The molecule has 10 heteroatoms. The van der Waals surface area contributed by atoms with Crippen LogP contribution in [0.5, 0.6) is 0 Å². The van der Waals surface area contributed by atoms with Crippen LogP contribution in [0.25, 0.3) is 17.2 Å². The Balaban J connectivity index is 1.52. The fraction of sp³-hybridized carbons (Fsp3) is 0.238. The summed E-state index contributed by atoms with van der Waals surface area (Å²) in [7, 11) is 0. The zero-order chi connectivity index (χ0) is 21.6. The van der Waals surface area contributed by atoms with E-state index in [-0.39, 0.29) is 29.1 Å². The van der Waals surface area contributed by atoms with Gasteiger partial charge in [-0.15, -0.1) is 5.10 Å². The van der Waals surface area contributed by atoms with Crippen molar-refractivity contribution < 1.29 is 22.4 Å². The molecule has 1 atom stereocenters. The highest BCUT2D eigenvalue weighted by atomic mass is 19.4. The lowest BCUT2D eigenvalue weighted by molar-refractivity contribution is -0.142. The number of nitrogens with one attached hydrogen (secondary N) is 1. The summed E-state index contributed by atoms with van der Waals surface area (Å²) in [4.78, 5) is 20.8. The molecule has 1 aliphatic rings. The van der Waals surface area contributed by atoms with E-state index >= 15 is 0 Å². The number of nitrogens with zero attached hydrogens (tertiary/aromatic N) is 4. The quantitative estimate of drug-likeness (QED) is 0.529. The number of furan rings is 1. The number of hydrogen-bond acceptors (Lipinski definition) is 5. The normalized spacial score (nSPS) is 16.3. The van der Waals surface area contributed by atoms with Crippen molar-refractivity contribution in [2.24, 2.45) is 0 Å². The number of carbonyl (C=O) groups excluding carboxylic acids is 1. The van der Waals surface area contributed by atoms with Crippen molar-refractivity contribution in [1.29, 1.82) is 0 Å². The van der Waals surface area contributed by atoms with E-state index in [2.05, 4.69) is 20.4 Å². The van der Waals surface area contributed by atoms with Gasteiger partial charge in [-0.1, -0.05) is 24.3 Å². The summed E-state index contributed by atoms with van der Waals surface area (Å²) in [5.41, 5.74) is 0.995. The molecule has 4 aromatic rings. The number of benzene rings is 1. The van der Waals surface area contributed by atoms with Crippen LogP contribution < -0.4 is 5.32 Å². The third-order valence-electron chi connectivity index (χ3n) is 5.25. The minimum absolute atomic E-state index is 0.0506. The monoisotopic (exact) mass is 427 g/mol. The van der Waals surface area contributed by atoms with E-state index in [1.807, 2.05) is 24.3 Å². The Morgan fingerprint density at radius 1 is 1.16 bits per heavy atom. The first-order valence-corrected chi connectivity index (χ1v) is 9.68. The zero-order valence-electron chi connectivity index (χ0n) is 16.1. The minimum Gasteiger partial charge on any atom is -0.463 e. The van der Waals surface area contributed by atoms with Crippen LogP contribution in [-0.2, 0) is 12.6 Å². The number of hydrogen-bond donors (Lipinski definition) is 1. The smallest absolute Gasteiger partial charge is 0.433 e. The highest BCUT2D eigenvalue weighted by molar-refractivity contribution is 5.91. The molecule has 1 N–H and O–H groups in total. The Bertz CT molecular complexity index is 1260. The number of rotatable bonds is 3. The molecule has 0 fully saturated rings. The molecule has 0 aliphatic heterocycles. The molecular formula is C21H16F3N5O2. The molecular weight excluding hydrogens is 411 g/mol. The van der Waals surface area contributed by atoms with Crippen molar-refractivity contribution >= 4 is 11.7 Å². The van der Waals surface area contributed by atoms with Crippen LogP contribution in [0.2, 0.25) is 0 Å². The second-order valence-electron chi connectivity index (χ2n) is 7.27. The molecule has 158 valence electrons. The minimum atomic E-state index is -4.73. The van der Waals surface area contributed by atoms with Gasteiger partial charge in [0, 0.05) is 0 Å². The molecule has 7 nitrogen and oxygen atoms in total. The first kappa shape index (κ1) is 19.3. The molecule has 0 spiro atoms. The summed E-state index contributed by atoms with van der Waals surface area (Å²) in [6.45, 7) is 0. The lowest BCUT2D eigenvalue weighted by Gasteiger charge is -2.25. The van der Waals surface area contributed by atoms with Crippen molar-refractivity contribution in [2.75, 3.05) is 0 Å². The summed E-state index contributed by atoms with van der Waals surface area (Å²) < 4.78 is 46.6. The summed E-state index contributed by atoms with van der Waals surface area (Å²) >= 11 is 0. The second-order valence-corrected chi connectivity index (χ2v) is 7.27. The van der Waals surface area contributed by atoms with Gasteiger partial charge in [-0.05, 0) is 48.6 Å². The Morgan fingerprint density at radius 2 is 2.00 bits per heavy atom. The molecule has 5 rings (SSSR count). The number of aromatic nitrogens is 4. The predicted octanol–water partition coefficient (Wildman–Crippen LogP) is 4.21. The predicted molar refractivity (Wildman–Crippen MR) is 103 cm³/mol. The molecule has 1 aromatic carbocycles. The maximum atomic E-state index is 13.6. The fourth-order valence-corrected chi connectivity index (χ4v) is 3.84. The highest BCUT2D eigenvalue weighted by Crippen LogP contribution is 2.32. The summed E-state index contributed by atoms with van der Waals surface area (Å²) in [5.74, 6) is -1.21. The van der Waals surface area contributed by atoms with Gasteiger partial charge in [-0.2, -0.15) is 22.7 Å². The van der Waals surface area contributed by atoms with Crippen LogP contribution in [0, 0.1) is 0 Å². The summed E-state index contributed by atoms with van der Waals surface area (Å²) in [6.07, 6.45) is -0.854. The van der Waals surface area contributed by atoms with Gasteiger partial charge in [0.2, 0.25) is 5.82 Å². The molecule has 0 radical (unpaired) electrons. The van der Waals surface area contributed by atoms with Crippen molar-refractivity contribution in [3.05, 3.63) is 71.4 Å². The maximum Gasteiger partial charge on any atom is 0.433 e. The van der Waals surface area contributed by atoms with E-state index in [0.717, 1.165) is 36.5 Å². The van der Waals surface area contributed by atoms with Gasteiger partial charge >= 0.3 is 6.18 Å². The fourth-order valence-electron chi connectivity index (χ4n) is 3.84. The second kappa shape index (κ2) is 7.22. The molecule has 0 unspecified atom stereocenters. The zero-order valence-corrected chi connectivity index (χ0v) is 16.1. The Morgan fingerprint density at radius 3 is 2.77 bits per heavy atom. The largest absolute Gasteiger partial charge is 0.463 e. The molecule has 31 heavy (non-hydrogen) atoms. The first-order valence-electron chi connectivity index (χ1n) is 9.68. The van der Waals surface area contributed by atoms with Crippen molar-refractivity contribution in [1.82, 2.24) is 24.9 Å². The van der Waals surface area contributed by atoms with Crippen molar-refractivity contribution in [2.45, 2.75) is 31.5 Å². The number of aryl methyl sites for hydroxylation is 1. The van der Waals surface area contributed by atoms with Crippen molar-refractivity contribution in [3.8, 4) is 11.5 Å².